The van der Waals surface area contributed by atoms with Gasteiger partial charge in [0.1, 0.15) is 21.3 Å². The maximum absolute atomic E-state index is 12.0. The normalized spacial score (nSPS) is 12.2. The molecule has 1 atom stereocenters. The molecule has 0 aliphatic heterocycles. The maximum atomic E-state index is 12.0. The molecule has 20 heavy (non-hydrogen) atoms. The minimum Gasteiger partial charge on any atom is -0.478 e. The van der Waals surface area contributed by atoms with Crippen molar-refractivity contribution in [3.8, 4) is 0 Å². The Bertz CT molecular complexity index is 662. The largest absolute Gasteiger partial charge is 0.478 e. The number of aromatic carboxylic acids is 1. The summed E-state index contributed by atoms with van der Waals surface area (Å²) in [5.74, 6) is -1.60. The van der Waals surface area contributed by atoms with Gasteiger partial charge in [-0.3, -0.25) is 4.79 Å². The Hall–Kier alpha value is -1.84. The number of carbonyl (C=O) groups excluding carboxylic acids is 1. The number of amides is 1. The minimum atomic E-state index is -1.12. The monoisotopic (exact) mass is 312 g/mol. The first-order valence-corrected chi connectivity index (χ1v) is 7.27. The molecule has 0 saturated carbocycles. The average Bonchev–Trinajstić information content (AvgIpc) is 2.96. The number of nitrogens with two attached hydrogens (primary N) is 1. The number of thiazole rings is 1. The fourth-order valence-corrected chi connectivity index (χ4v) is 3.02. The van der Waals surface area contributed by atoms with Crippen molar-refractivity contribution in [1.82, 2.24) is 9.36 Å². The second-order valence-electron chi connectivity index (χ2n) is 4.09. The molecule has 0 aliphatic carbocycles. The van der Waals surface area contributed by atoms with Crippen LogP contribution in [0.5, 0.6) is 0 Å². The molecule has 1 amide bonds. The van der Waals surface area contributed by atoms with Crippen molar-refractivity contribution < 1.29 is 14.7 Å². The number of carboxylic acids is 1. The molecule has 0 aromatic carbocycles. The first kappa shape index (κ1) is 14.6. The van der Waals surface area contributed by atoms with Gasteiger partial charge in [0.2, 0.25) is 0 Å². The number of aryl methyl sites for hydroxylation is 1. The van der Waals surface area contributed by atoms with E-state index in [1.54, 1.807) is 19.2 Å². The average molecular weight is 312 g/mol. The zero-order valence-corrected chi connectivity index (χ0v) is 12.3. The smallest absolute Gasteiger partial charge is 0.340 e. The van der Waals surface area contributed by atoms with Crippen LogP contribution in [0.2, 0.25) is 0 Å². The van der Waals surface area contributed by atoms with Crippen molar-refractivity contribution >= 4 is 39.7 Å². The highest BCUT2D eigenvalue weighted by molar-refractivity contribution is 7.11. The molecule has 2 aromatic heterocycles. The zero-order valence-electron chi connectivity index (χ0n) is 10.7. The van der Waals surface area contributed by atoms with Gasteiger partial charge in [-0.2, -0.15) is 4.37 Å². The number of carboxylic acid groups (broad SMARTS) is 1. The van der Waals surface area contributed by atoms with Gasteiger partial charge in [-0.1, -0.05) is 0 Å². The number of nitrogens with zero attached hydrogens (tertiary/aromatic N) is 2. The van der Waals surface area contributed by atoms with E-state index in [1.807, 2.05) is 0 Å². The van der Waals surface area contributed by atoms with E-state index in [1.165, 1.54) is 11.3 Å². The molecule has 9 heteroatoms. The molecule has 2 aromatic rings. The van der Waals surface area contributed by atoms with Gasteiger partial charge in [0.25, 0.3) is 5.91 Å². The summed E-state index contributed by atoms with van der Waals surface area (Å²) in [6.45, 7) is 3.35. The summed E-state index contributed by atoms with van der Waals surface area (Å²) < 4.78 is 3.93. The highest BCUT2D eigenvalue weighted by Gasteiger charge is 2.21. The van der Waals surface area contributed by atoms with Gasteiger partial charge in [0.15, 0.2) is 0 Å². The summed E-state index contributed by atoms with van der Waals surface area (Å²) in [5.41, 5.74) is 6.26. The number of carbonyl (C=O) groups is 2. The third kappa shape index (κ3) is 2.84. The predicted molar refractivity (Wildman–Crippen MR) is 76.5 cm³/mol. The summed E-state index contributed by atoms with van der Waals surface area (Å²) in [4.78, 5) is 27.2. The summed E-state index contributed by atoms with van der Waals surface area (Å²) in [6.07, 6.45) is 0. The van der Waals surface area contributed by atoms with Crippen LogP contribution >= 0.6 is 22.9 Å². The van der Waals surface area contributed by atoms with Gasteiger partial charge in [0, 0.05) is 5.38 Å². The van der Waals surface area contributed by atoms with E-state index >= 15 is 0 Å². The molecule has 4 N–H and O–H groups in total. The van der Waals surface area contributed by atoms with Gasteiger partial charge in [-0.15, -0.1) is 11.3 Å². The number of aromatic nitrogens is 2. The first-order chi connectivity index (χ1) is 9.40. The summed E-state index contributed by atoms with van der Waals surface area (Å²) in [6, 6.07) is -0.248. The SMILES string of the molecule is Cc1nsc(NC(=O)c2csc(C(C)N)n2)c1C(=O)O. The standard InChI is InChI=1S/C11H12N4O3S2/c1-4(12)9-13-6(3-19-9)8(16)14-10-7(11(17)18)5(2)15-20-10/h3-4H,12H2,1-2H3,(H,14,16)(H,17,18). The Morgan fingerprint density at radius 1 is 1.50 bits per heavy atom. The predicted octanol–water partition coefficient (Wildman–Crippen LogP) is 1.88. The fourth-order valence-electron chi connectivity index (χ4n) is 1.48. The number of hydrogen-bond donors (Lipinski definition) is 3. The topological polar surface area (TPSA) is 118 Å². The lowest BCUT2D eigenvalue weighted by molar-refractivity contribution is 0.0697. The lowest BCUT2D eigenvalue weighted by Crippen LogP contribution is -2.14. The quantitative estimate of drug-likeness (QED) is 0.793. The number of anilines is 1. The van der Waals surface area contributed by atoms with Crippen LogP contribution in [0.4, 0.5) is 5.00 Å². The van der Waals surface area contributed by atoms with E-state index in [9.17, 15) is 9.59 Å². The molecule has 0 bridgehead atoms. The van der Waals surface area contributed by atoms with Crippen LogP contribution in [0.25, 0.3) is 0 Å². The van der Waals surface area contributed by atoms with Gasteiger partial charge >= 0.3 is 5.97 Å². The number of rotatable bonds is 4. The summed E-state index contributed by atoms with van der Waals surface area (Å²) in [7, 11) is 0. The van der Waals surface area contributed by atoms with Crippen molar-refractivity contribution in [3.63, 3.8) is 0 Å². The molecule has 0 radical (unpaired) electrons. The van der Waals surface area contributed by atoms with Crippen LogP contribution in [0.1, 0.15) is 44.5 Å². The van der Waals surface area contributed by atoms with Crippen LogP contribution in [-0.4, -0.2) is 26.3 Å². The molecule has 1 unspecified atom stereocenters. The Labute approximate surface area is 122 Å². The van der Waals surface area contributed by atoms with Crippen molar-refractivity contribution in [2.24, 2.45) is 5.73 Å². The Morgan fingerprint density at radius 3 is 2.75 bits per heavy atom. The lowest BCUT2D eigenvalue weighted by Gasteiger charge is -2.01. The van der Waals surface area contributed by atoms with E-state index < -0.39 is 11.9 Å². The van der Waals surface area contributed by atoms with Crippen molar-refractivity contribution in [2.75, 3.05) is 5.32 Å². The molecule has 0 fully saturated rings. The zero-order chi connectivity index (χ0) is 14.9. The van der Waals surface area contributed by atoms with Crippen LogP contribution in [0.15, 0.2) is 5.38 Å². The van der Waals surface area contributed by atoms with E-state index in [0.717, 1.165) is 11.5 Å². The Morgan fingerprint density at radius 2 is 2.20 bits per heavy atom. The first-order valence-electron chi connectivity index (χ1n) is 5.62. The third-order valence-electron chi connectivity index (χ3n) is 2.45. The molecule has 2 heterocycles. The summed E-state index contributed by atoms with van der Waals surface area (Å²) in [5, 5.41) is 14.0. The van der Waals surface area contributed by atoms with Gasteiger partial charge < -0.3 is 16.2 Å². The van der Waals surface area contributed by atoms with Crippen LogP contribution < -0.4 is 11.1 Å². The molecule has 0 spiro atoms. The molecule has 106 valence electrons. The molecule has 0 saturated heterocycles. The maximum Gasteiger partial charge on any atom is 0.340 e. The van der Waals surface area contributed by atoms with E-state index in [-0.39, 0.29) is 22.3 Å². The lowest BCUT2D eigenvalue weighted by atomic mass is 10.2. The van der Waals surface area contributed by atoms with Crippen molar-refractivity contribution in [3.05, 3.63) is 27.3 Å². The van der Waals surface area contributed by atoms with Gasteiger partial charge in [-0.05, 0) is 25.4 Å². The van der Waals surface area contributed by atoms with Crippen molar-refractivity contribution in [1.29, 1.82) is 0 Å². The van der Waals surface area contributed by atoms with Crippen LogP contribution in [0, 0.1) is 6.92 Å². The van der Waals surface area contributed by atoms with E-state index in [0.29, 0.717) is 10.7 Å². The molecule has 7 nitrogen and oxygen atoms in total. The van der Waals surface area contributed by atoms with Gasteiger partial charge in [-0.25, -0.2) is 9.78 Å². The minimum absolute atomic E-state index is 0.00555. The Balaban J connectivity index is 2.21. The highest BCUT2D eigenvalue weighted by atomic mass is 32.1. The second kappa shape index (κ2) is 5.65. The molecule has 2 rings (SSSR count). The van der Waals surface area contributed by atoms with Crippen LogP contribution in [0.3, 0.4) is 0 Å². The highest BCUT2D eigenvalue weighted by Crippen LogP contribution is 2.25. The summed E-state index contributed by atoms with van der Waals surface area (Å²) >= 11 is 2.22. The second-order valence-corrected chi connectivity index (χ2v) is 5.75. The van der Waals surface area contributed by atoms with Crippen LogP contribution in [-0.2, 0) is 0 Å². The molecular formula is C11H12N4O3S2. The van der Waals surface area contributed by atoms with Gasteiger partial charge in [0.05, 0.1) is 11.7 Å². The number of nitrogens with one attached hydrogen (secondary N) is 1. The van der Waals surface area contributed by atoms with E-state index in [4.69, 9.17) is 10.8 Å². The molecular weight excluding hydrogens is 300 g/mol. The van der Waals surface area contributed by atoms with E-state index in [2.05, 4.69) is 14.7 Å². The van der Waals surface area contributed by atoms with Crippen molar-refractivity contribution in [2.45, 2.75) is 19.9 Å². The number of hydrogen-bond acceptors (Lipinski definition) is 7. The fraction of sp³-hybridized carbons (Fsp3) is 0.273. The Kier molecular flexibility index (Phi) is 4.12. The molecule has 0 aliphatic rings. The third-order valence-corrected chi connectivity index (χ3v) is 4.35.